The third kappa shape index (κ3) is 9.69. The van der Waals surface area contributed by atoms with Crippen LogP contribution < -0.4 is 26.4 Å². The van der Waals surface area contributed by atoms with Crippen molar-refractivity contribution in [2.75, 3.05) is 33.3 Å². The standard InChI is InChI=1S/C60H78N4O7/c1-3-23-62-34-43-26-48-45-14-13-44(65)31-50(45)64-35-49(48)59(19-6-7-20-59)58(43)42-17-22-60(56(70)29-42)21-16-40(47-33-53(68)54(71-2)28-39(47)12-15-55(60)69)27-51(66)52(67)32-46(41-18-24-63-57(61)30-41)38-11-10-36-8-4-5-9-37(36)25-38/h4-5,8-11,18,25,28,30,33,40,42-43,45-46,48-52,56,58,62-64,66-68,70H,3,6-7,12-15,17,19-20,22-24,26-27,29,31-32,34-35,61H2,1-2H3/t40-,42-,43-,45-,46+,48-,49+,50-,51+,52-,56-,58+,60-/m1/s1. The third-order valence-corrected chi connectivity index (χ3v) is 19.1. The molecule has 7 aliphatic rings. The van der Waals surface area contributed by atoms with Gasteiger partial charge in [0.1, 0.15) is 11.2 Å². The molecule has 5 fully saturated rings. The molecule has 3 aromatic carbocycles. The van der Waals surface area contributed by atoms with Crippen LogP contribution in [0.5, 0.6) is 11.5 Å². The Morgan fingerprint density at radius 3 is 2.55 bits per heavy atom. The summed E-state index contributed by atoms with van der Waals surface area (Å²) in [7, 11) is 1.50. The van der Waals surface area contributed by atoms with E-state index in [9.17, 15) is 30.0 Å². The second-order valence-corrected chi connectivity index (χ2v) is 22.8. The highest BCUT2D eigenvalue weighted by Crippen LogP contribution is 2.66. The molecule has 3 aromatic rings. The van der Waals surface area contributed by atoms with Crippen LogP contribution in [0, 0.1) is 58.2 Å². The van der Waals surface area contributed by atoms with Crippen LogP contribution in [0.2, 0.25) is 0 Å². The number of hydrogen-bond donors (Lipinski definition) is 8. The topological polar surface area (TPSA) is 186 Å². The van der Waals surface area contributed by atoms with Crippen molar-refractivity contribution in [2.24, 2.45) is 52.1 Å². The van der Waals surface area contributed by atoms with Gasteiger partial charge >= 0.3 is 0 Å². The molecular weight excluding hydrogens is 889 g/mol. The van der Waals surface area contributed by atoms with Gasteiger partial charge in [-0.2, -0.15) is 0 Å². The SMILES string of the molecule is CCCNC[C@H]1C[C@@H]2[C@H]3CCC(=O)C[C@H]3NC[C@@H]2C2(CCCC2)[C@H]1[C@@H]1CC[C@@]2(C#C[C@H](C[C@H](O)[C@H](O)C[C@H](C3=CCNC(N)=C3)c3ccc4ccccc4c3)c3cc(O)c(OC)cc3CCC2=O)[C@H](O)C1. The summed E-state index contributed by atoms with van der Waals surface area (Å²) in [6, 6.07) is 18.2. The van der Waals surface area contributed by atoms with E-state index in [0.29, 0.717) is 85.4 Å². The van der Waals surface area contributed by atoms with E-state index in [2.05, 4.69) is 71.1 Å². The normalized spacial score (nSPS) is 32.6. The van der Waals surface area contributed by atoms with E-state index in [-0.39, 0.29) is 59.8 Å². The Kier molecular flexibility index (Phi) is 14.8. The number of ketones is 2. The van der Waals surface area contributed by atoms with Gasteiger partial charge in [-0.05, 0) is 182 Å². The number of dihydropyridines is 1. The lowest BCUT2D eigenvalue weighted by atomic mass is 9.44. The van der Waals surface area contributed by atoms with Crippen molar-refractivity contribution in [1.29, 1.82) is 0 Å². The number of benzene rings is 3. The van der Waals surface area contributed by atoms with Gasteiger partial charge in [0.15, 0.2) is 17.3 Å². The fraction of sp³-hybridized carbons (Fsp3) is 0.600. The Hall–Kier alpha value is -4.70. The number of Topliss-reactive ketones (excluding diaryl/α,β-unsaturated/α-hetero) is 2. The Morgan fingerprint density at radius 2 is 1.77 bits per heavy atom. The van der Waals surface area contributed by atoms with Gasteiger partial charge in [0.05, 0.1) is 31.2 Å². The number of ether oxygens (including phenoxy) is 1. The third-order valence-electron chi connectivity index (χ3n) is 19.1. The minimum atomic E-state index is -1.29. The number of fused-ring (bicyclic) bond motifs is 6. The van der Waals surface area contributed by atoms with Crippen LogP contribution in [0.25, 0.3) is 10.8 Å². The van der Waals surface area contributed by atoms with Crippen molar-refractivity contribution >= 4 is 22.3 Å². The maximum Gasteiger partial charge on any atom is 0.160 e. The van der Waals surface area contributed by atoms with Crippen molar-refractivity contribution in [3.63, 3.8) is 0 Å². The van der Waals surface area contributed by atoms with Crippen molar-refractivity contribution in [3.05, 3.63) is 94.8 Å². The predicted molar refractivity (Wildman–Crippen MR) is 277 cm³/mol. The molecule has 1 saturated heterocycles. The highest BCUT2D eigenvalue weighted by molar-refractivity contribution is 5.89. The van der Waals surface area contributed by atoms with Crippen LogP contribution in [0.3, 0.4) is 0 Å². The zero-order valence-corrected chi connectivity index (χ0v) is 42.0. The van der Waals surface area contributed by atoms with Crippen LogP contribution in [-0.2, 0) is 16.0 Å². The summed E-state index contributed by atoms with van der Waals surface area (Å²) < 4.78 is 5.57. The molecule has 0 bridgehead atoms. The van der Waals surface area contributed by atoms with Gasteiger partial charge in [-0.15, -0.1) is 0 Å². The average Bonchev–Trinajstić information content (AvgIpc) is 3.87. The maximum atomic E-state index is 14.9. The quantitative estimate of drug-likeness (QED) is 0.0621. The van der Waals surface area contributed by atoms with Gasteiger partial charge in [-0.3, -0.25) is 9.59 Å². The lowest BCUT2D eigenvalue weighted by Crippen LogP contribution is -2.64. The van der Waals surface area contributed by atoms with E-state index in [1.54, 1.807) is 12.1 Å². The molecule has 380 valence electrons. The smallest absolute Gasteiger partial charge is 0.160 e. The van der Waals surface area contributed by atoms with Gasteiger partial charge in [0.2, 0.25) is 0 Å². The molecule has 13 atom stereocenters. The highest BCUT2D eigenvalue weighted by atomic mass is 16.5. The number of nitrogens with two attached hydrogens (primary N) is 1. The molecule has 0 aromatic heterocycles. The van der Waals surface area contributed by atoms with Crippen LogP contribution >= 0.6 is 0 Å². The first-order valence-electron chi connectivity index (χ1n) is 27.3. The largest absolute Gasteiger partial charge is 0.504 e. The molecule has 2 aliphatic heterocycles. The molecule has 2 heterocycles. The molecular formula is C60H78N4O7. The first kappa shape index (κ1) is 49.9. The van der Waals surface area contributed by atoms with Crippen LogP contribution in [-0.4, -0.2) is 89.6 Å². The number of nitrogens with one attached hydrogen (secondary N) is 3. The van der Waals surface area contributed by atoms with Gasteiger partial charge < -0.3 is 46.8 Å². The molecule has 4 saturated carbocycles. The number of carbonyl (C=O) groups is 2. The van der Waals surface area contributed by atoms with E-state index in [1.165, 1.54) is 32.8 Å². The number of aromatic hydroxyl groups is 1. The molecule has 0 radical (unpaired) electrons. The molecule has 71 heavy (non-hydrogen) atoms. The minimum absolute atomic E-state index is 0.0442. The van der Waals surface area contributed by atoms with Gasteiger partial charge in [0, 0.05) is 43.7 Å². The fourth-order valence-corrected chi connectivity index (χ4v) is 15.8. The Morgan fingerprint density at radius 1 is 0.958 bits per heavy atom. The number of methoxy groups -OCH3 is 1. The average molecular weight is 967 g/mol. The van der Waals surface area contributed by atoms with Crippen molar-refractivity contribution in [3.8, 4) is 23.3 Å². The fourth-order valence-electron chi connectivity index (χ4n) is 15.8. The number of allylic oxidation sites excluding steroid dienone is 2. The number of aliphatic hydroxyl groups is 3. The maximum absolute atomic E-state index is 14.9. The zero-order chi connectivity index (χ0) is 49.4. The number of phenolic OH excluding ortho intramolecular Hbond substituents is 1. The number of carbonyl (C=O) groups excluding carboxylic acids is 2. The summed E-state index contributed by atoms with van der Waals surface area (Å²) in [4.78, 5) is 27.6. The summed E-state index contributed by atoms with van der Waals surface area (Å²) in [5.74, 6) is 9.85. The Labute approximate surface area is 420 Å². The lowest BCUT2D eigenvalue weighted by molar-refractivity contribution is -0.149. The summed E-state index contributed by atoms with van der Waals surface area (Å²) in [6.07, 6.45) is 12.6. The van der Waals surface area contributed by atoms with Crippen LogP contribution in [0.1, 0.15) is 132 Å². The number of aryl methyl sites for hydroxylation is 1. The number of aliphatic hydroxyl groups excluding tert-OH is 3. The molecule has 2 spiro atoms. The van der Waals surface area contributed by atoms with E-state index in [1.807, 2.05) is 18.2 Å². The Bertz CT molecular complexity index is 2570. The highest BCUT2D eigenvalue weighted by Gasteiger charge is 2.62. The molecule has 5 aliphatic carbocycles. The number of hydrogen-bond acceptors (Lipinski definition) is 11. The molecule has 10 rings (SSSR count). The summed E-state index contributed by atoms with van der Waals surface area (Å²) in [5.41, 5.74) is 8.58. The summed E-state index contributed by atoms with van der Waals surface area (Å²) >= 11 is 0. The summed E-state index contributed by atoms with van der Waals surface area (Å²) in [5, 5.41) is 61.3. The summed E-state index contributed by atoms with van der Waals surface area (Å²) in [6.45, 7) is 5.66. The predicted octanol–water partition coefficient (Wildman–Crippen LogP) is 7.69. The van der Waals surface area contributed by atoms with Crippen molar-refractivity contribution in [2.45, 2.75) is 146 Å². The number of phenols is 1. The van der Waals surface area contributed by atoms with E-state index in [4.69, 9.17) is 10.5 Å². The second kappa shape index (κ2) is 21.0. The van der Waals surface area contributed by atoms with E-state index >= 15 is 0 Å². The van der Waals surface area contributed by atoms with Crippen LogP contribution in [0.4, 0.5) is 0 Å². The number of piperidine rings is 1. The first-order valence-corrected chi connectivity index (χ1v) is 27.3. The monoisotopic (exact) mass is 967 g/mol. The first-order chi connectivity index (χ1) is 34.4. The van der Waals surface area contributed by atoms with E-state index < -0.39 is 29.6 Å². The lowest BCUT2D eigenvalue weighted by Gasteiger charge is -2.63. The zero-order valence-electron chi connectivity index (χ0n) is 42.0. The van der Waals surface area contributed by atoms with Gasteiger partial charge in [-0.1, -0.05) is 80.1 Å². The molecule has 11 heteroatoms. The molecule has 0 unspecified atom stereocenters. The van der Waals surface area contributed by atoms with Crippen LogP contribution in [0.15, 0.2) is 78.1 Å². The van der Waals surface area contributed by atoms with Gasteiger partial charge in [-0.25, -0.2) is 0 Å². The second-order valence-electron chi connectivity index (χ2n) is 22.8. The minimum Gasteiger partial charge on any atom is -0.504 e. The van der Waals surface area contributed by atoms with E-state index in [0.717, 1.165) is 72.8 Å². The van der Waals surface area contributed by atoms with Gasteiger partial charge in [0.25, 0.3) is 0 Å². The number of rotatable bonds is 13. The molecule has 0 amide bonds. The van der Waals surface area contributed by atoms with Crippen molar-refractivity contribution in [1.82, 2.24) is 16.0 Å². The Balaban J connectivity index is 0.945. The van der Waals surface area contributed by atoms with Crippen molar-refractivity contribution < 1.29 is 34.8 Å². The molecule has 9 N–H and O–H groups in total. The molecule has 11 nitrogen and oxygen atoms in total.